The largest absolute Gasteiger partial charge is 0.507 e. The van der Waals surface area contributed by atoms with Crippen LogP contribution < -0.4 is 5.32 Å². The predicted octanol–water partition coefficient (Wildman–Crippen LogP) is 4.00. The van der Waals surface area contributed by atoms with Crippen molar-refractivity contribution in [2.75, 3.05) is 5.32 Å². The van der Waals surface area contributed by atoms with E-state index < -0.39 is 5.91 Å². The average Bonchev–Trinajstić information content (AvgIpc) is 2.35. The van der Waals surface area contributed by atoms with Gasteiger partial charge < -0.3 is 10.4 Å². The highest BCUT2D eigenvalue weighted by atomic mass is 35.5. The van der Waals surface area contributed by atoms with Crippen molar-refractivity contribution in [1.29, 1.82) is 0 Å². The van der Waals surface area contributed by atoms with Gasteiger partial charge in [0.25, 0.3) is 5.91 Å². The van der Waals surface area contributed by atoms with Gasteiger partial charge in [-0.3, -0.25) is 4.79 Å². The summed E-state index contributed by atoms with van der Waals surface area (Å²) in [5.41, 5.74) is 0.328. The Hall–Kier alpha value is -1.49. The minimum absolute atomic E-state index is 0.0403. The van der Waals surface area contributed by atoms with Gasteiger partial charge in [0.2, 0.25) is 0 Å². The van der Waals surface area contributed by atoms with Crippen molar-refractivity contribution in [3.63, 3.8) is 0 Å². The molecule has 0 bridgehead atoms. The third-order valence-corrected chi connectivity index (χ3v) is 3.00. The number of aromatic hydroxyl groups is 1. The fourth-order valence-corrected chi connectivity index (χ4v) is 1.95. The number of carbonyl (C=O) groups excluding carboxylic acids is 1. The van der Waals surface area contributed by atoms with Crippen LogP contribution in [0.15, 0.2) is 30.3 Å². The number of aromatic nitrogens is 1. The quantitative estimate of drug-likeness (QED) is 0.823. The maximum Gasteiger partial charge on any atom is 0.259 e. The summed E-state index contributed by atoms with van der Waals surface area (Å²) in [7, 11) is 0. The summed E-state index contributed by atoms with van der Waals surface area (Å²) in [5.74, 6) is -0.731. The van der Waals surface area contributed by atoms with Crippen molar-refractivity contribution in [1.82, 2.24) is 4.98 Å². The molecule has 4 nitrogen and oxygen atoms in total. The minimum atomic E-state index is -0.550. The Morgan fingerprint density at radius 1 is 1.16 bits per heavy atom. The molecule has 2 aromatic rings. The number of amides is 1. The Kier molecular flexibility index (Phi) is 4.14. The molecule has 0 saturated carbocycles. The lowest BCUT2D eigenvalue weighted by atomic mass is 10.2. The van der Waals surface area contributed by atoms with Crippen molar-refractivity contribution in [2.24, 2.45) is 0 Å². The number of halogens is 3. The van der Waals surface area contributed by atoms with Crippen LogP contribution in [0.4, 0.5) is 5.69 Å². The molecule has 0 aliphatic carbocycles. The summed E-state index contributed by atoms with van der Waals surface area (Å²) in [5, 5.41) is 12.7. The summed E-state index contributed by atoms with van der Waals surface area (Å²) >= 11 is 17.3. The highest BCUT2D eigenvalue weighted by Gasteiger charge is 2.14. The molecule has 1 heterocycles. The normalized spacial score (nSPS) is 10.3. The zero-order valence-corrected chi connectivity index (χ0v) is 11.6. The molecule has 0 spiro atoms. The second kappa shape index (κ2) is 5.65. The van der Waals surface area contributed by atoms with Crippen LogP contribution in [0.3, 0.4) is 0 Å². The Morgan fingerprint density at radius 3 is 2.58 bits per heavy atom. The van der Waals surface area contributed by atoms with Crippen molar-refractivity contribution in [3.8, 4) is 5.75 Å². The number of phenolic OH excluding ortho intramolecular Hbond substituents is 1. The van der Waals surface area contributed by atoms with Crippen LogP contribution in [-0.4, -0.2) is 16.0 Å². The van der Waals surface area contributed by atoms with Crippen LogP contribution in [-0.2, 0) is 0 Å². The monoisotopic (exact) mass is 316 g/mol. The van der Waals surface area contributed by atoms with E-state index in [-0.39, 0.29) is 27.3 Å². The van der Waals surface area contributed by atoms with Crippen LogP contribution in [0.25, 0.3) is 0 Å². The first-order chi connectivity index (χ1) is 8.97. The maximum absolute atomic E-state index is 12.0. The van der Waals surface area contributed by atoms with Crippen molar-refractivity contribution >= 4 is 46.4 Å². The van der Waals surface area contributed by atoms with E-state index in [0.717, 1.165) is 0 Å². The molecular weight excluding hydrogens is 311 g/mol. The molecule has 2 N–H and O–H groups in total. The maximum atomic E-state index is 12.0. The summed E-state index contributed by atoms with van der Waals surface area (Å²) < 4.78 is 0. The summed E-state index contributed by atoms with van der Waals surface area (Å²) in [6.07, 6.45) is 0. The van der Waals surface area contributed by atoms with Gasteiger partial charge in [0, 0.05) is 5.02 Å². The van der Waals surface area contributed by atoms with Crippen LogP contribution in [0.5, 0.6) is 5.75 Å². The molecule has 7 heteroatoms. The molecule has 0 unspecified atom stereocenters. The van der Waals surface area contributed by atoms with Gasteiger partial charge in [-0.1, -0.05) is 34.8 Å². The minimum Gasteiger partial charge on any atom is -0.507 e. The van der Waals surface area contributed by atoms with Crippen LogP contribution in [0.1, 0.15) is 10.4 Å². The molecule has 1 amide bonds. The molecule has 19 heavy (non-hydrogen) atoms. The molecule has 2 rings (SSSR count). The van der Waals surface area contributed by atoms with E-state index in [1.165, 1.54) is 30.3 Å². The van der Waals surface area contributed by atoms with Crippen molar-refractivity contribution in [3.05, 3.63) is 51.2 Å². The second-order valence-electron chi connectivity index (χ2n) is 3.59. The van der Waals surface area contributed by atoms with Crippen LogP contribution in [0, 0.1) is 0 Å². The van der Waals surface area contributed by atoms with E-state index in [1.807, 2.05) is 0 Å². The van der Waals surface area contributed by atoms with Gasteiger partial charge in [0.05, 0.1) is 11.3 Å². The Balaban J connectivity index is 2.28. The number of phenols is 1. The number of nitrogens with zero attached hydrogens (tertiary/aromatic N) is 1. The number of nitrogens with one attached hydrogen (secondary N) is 1. The third-order valence-electron chi connectivity index (χ3n) is 2.27. The zero-order valence-electron chi connectivity index (χ0n) is 9.32. The highest BCUT2D eigenvalue weighted by Crippen LogP contribution is 2.25. The number of carbonyl (C=O) groups is 1. The Morgan fingerprint density at radius 2 is 1.89 bits per heavy atom. The smallest absolute Gasteiger partial charge is 0.259 e. The Bertz CT molecular complexity index is 647. The first-order valence-corrected chi connectivity index (χ1v) is 6.22. The van der Waals surface area contributed by atoms with E-state index >= 15 is 0 Å². The Labute approximate surface area is 123 Å². The SMILES string of the molecule is O=C(Nc1ccc(Cl)nc1Cl)c1cc(Cl)ccc1O. The zero-order chi connectivity index (χ0) is 14.0. The number of benzene rings is 1. The van der Waals surface area contributed by atoms with Gasteiger partial charge in [0.15, 0.2) is 5.15 Å². The van der Waals surface area contributed by atoms with Gasteiger partial charge in [-0.25, -0.2) is 4.98 Å². The summed E-state index contributed by atoms with van der Waals surface area (Å²) in [6.45, 7) is 0. The fraction of sp³-hybridized carbons (Fsp3) is 0. The molecule has 0 radical (unpaired) electrons. The lowest BCUT2D eigenvalue weighted by Crippen LogP contribution is -2.12. The summed E-state index contributed by atoms with van der Waals surface area (Å²) in [6, 6.07) is 7.16. The van der Waals surface area contributed by atoms with Crippen LogP contribution >= 0.6 is 34.8 Å². The number of pyridine rings is 1. The van der Waals surface area contributed by atoms with Gasteiger partial charge in [-0.05, 0) is 30.3 Å². The average molecular weight is 318 g/mol. The molecule has 1 aromatic carbocycles. The molecule has 98 valence electrons. The number of hydrogen-bond acceptors (Lipinski definition) is 3. The fourth-order valence-electron chi connectivity index (χ4n) is 1.39. The predicted molar refractivity (Wildman–Crippen MR) is 75.3 cm³/mol. The van der Waals surface area contributed by atoms with E-state index in [9.17, 15) is 9.90 Å². The molecule has 0 saturated heterocycles. The van der Waals surface area contributed by atoms with Crippen molar-refractivity contribution < 1.29 is 9.90 Å². The molecular formula is C12H7Cl3N2O2. The van der Waals surface area contributed by atoms with Gasteiger partial charge in [-0.15, -0.1) is 0 Å². The van der Waals surface area contributed by atoms with Gasteiger partial charge in [0.1, 0.15) is 10.9 Å². The highest BCUT2D eigenvalue weighted by molar-refractivity contribution is 6.35. The topological polar surface area (TPSA) is 62.2 Å². The van der Waals surface area contributed by atoms with E-state index in [4.69, 9.17) is 34.8 Å². The number of rotatable bonds is 2. The van der Waals surface area contributed by atoms with E-state index in [2.05, 4.69) is 10.3 Å². The summed E-state index contributed by atoms with van der Waals surface area (Å²) in [4.78, 5) is 15.8. The lowest BCUT2D eigenvalue weighted by Gasteiger charge is -2.08. The van der Waals surface area contributed by atoms with Crippen LogP contribution in [0.2, 0.25) is 15.3 Å². The standard InChI is InChI=1S/C12H7Cl3N2O2/c13-6-1-3-9(18)7(5-6)12(19)16-8-2-4-10(14)17-11(8)15/h1-5,18H,(H,16,19). The van der Waals surface area contributed by atoms with Gasteiger partial charge in [-0.2, -0.15) is 0 Å². The second-order valence-corrected chi connectivity index (χ2v) is 4.77. The first kappa shape index (κ1) is 13.9. The molecule has 0 aliphatic heterocycles. The van der Waals surface area contributed by atoms with E-state index in [0.29, 0.717) is 5.02 Å². The van der Waals surface area contributed by atoms with E-state index in [1.54, 1.807) is 0 Å². The lowest BCUT2D eigenvalue weighted by molar-refractivity contribution is 0.102. The van der Waals surface area contributed by atoms with Crippen molar-refractivity contribution in [2.45, 2.75) is 0 Å². The molecule has 0 aliphatic rings. The molecule has 0 fully saturated rings. The first-order valence-electron chi connectivity index (χ1n) is 5.09. The third kappa shape index (κ3) is 3.29. The van der Waals surface area contributed by atoms with Gasteiger partial charge >= 0.3 is 0 Å². The molecule has 1 aromatic heterocycles. The number of hydrogen-bond donors (Lipinski definition) is 2. The number of anilines is 1. The molecule has 0 atom stereocenters.